The quantitative estimate of drug-likeness (QED) is 0.336. The lowest BCUT2D eigenvalue weighted by Crippen LogP contribution is -2.46. The van der Waals surface area contributed by atoms with Gasteiger partial charge >= 0.3 is 0 Å². The van der Waals surface area contributed by atoms with E-state index in [1.54, 1.807) is 18.2 Å². The Labute approximate surface area is 110 Å². The van der Waals surface area contributed by atoms with Crippen LogP contribution in [0.3, 0.4) is 0 Å². The molecule has 0 aromatic heterocycles. The minimum Gasteiger partial charge on any atom is -0.399 e. The van der Waals surface area contributed by atoms with Crippen molar-refractivity contribution in [2.45, 2.75) is 6.04 Å². The summed E-state index contributed by atoms with van der Waals surface area (Å²) in [4.78, 5) is 22.3. The second-order valence-electron chi connectivity index (χ2n) is 3.87. The summed E-state index contributed by atoms with van der Waals surface area (Å²) >= 11 is 0. The maximum Gasteiger partial charge on any atom is 0.244 e. The van der Waals surface area contributed by atoms with Crippen molar-refractivity contribution >= 4 is 29.3 Å². The fourth-order valence-corrected chi connectivity index (χ4v) is 1.33. The van der Waals surface area contributed by atoms with Crippen LogP contribution in [0.25, 0.3) is 6.08 Å². The average Bonchev–Trinajstić information content (AvgIpc) is 2.36. The van der Waals surface area contributed by atoms with Crippen molar-refractivity contribution in [1.82, 2.24) is 5.32 Å². The van der Waals surface area contributed by atoms with Crippen molar-refractivity contribution in [2.75, 3.05) is 18.1 Å². The first kappa shape index (κ1) is 14.5. The third-order valence-electron chi connectivity index (χ3n) is 2.37. The summed E-state index contributed by atoms with van der Waals surface area (Å²) in [6.45, 7) is -0.560. The van der Waals surface area contributed by atoms with E-state index in [9.17, 15) is 9.59 Å². The normalized spacial score (nSPS) is 12.3. The first-order valence-corrected chi connectivity index (χ1v) is 5.47. The molecule has 1 atom stereocenters. The molecular formula is C12H16N4O3. The SMILES string of the molecule is NC(=O)C(CO)NC(=O)/C=C/c1cc(N)ccc1N. The Hall–Kier alpha value is -2.54. The Morgan fingerprint density at radius 3 is 2.63 bits per heavy atom. The summed E-state index contributed by atoms with van der Waals surface area (Å²) in [5, 5.41) is 11.1. The summed E-state index contributed by atoms with van der Waals surface area (Å²) in [6, 6.07) is 3.75. The highest BCUT2D eigenvalue weighted by Crippen LogP contribution is 2.16. The fourth-order valence-electron chi connectivity index (χ4n) is 1.33. The molecule has 8 N–H and O–H groups in total. The van der Waals surface area contributed by atoms with E-state index in [-0.39, 0.29) is 0 Å². The zero-order valence-electron chi connectivity index (χ0n) is 10.2. The highest BCUT2D eigenvalue weighted by Gasteiger charge is 2.14. The number of hydrogen-bond acceptors (Lipinski definition) is 5. The van der Waals surface area contributed by atoms with Gasteiger partial charge in [0.15, 0.2) is 0 Å². The number of aliphatic hydroxyl groups is 1. The van der Waals surface area contributed by atoms with Crippen LogP contribution in [-0.4, -0.2) is 29.6 Å². The molecule has 1 unspecified atom stereocenters. The topological polar surface area (TPSA) is 144 Å². The molecule has 7 nitrogen and oxygen atoms in total. The Bertz CT molecular complexity index is 514. The standard InChI is InChI=1S/C12H16N4O3/c13-8-2-3-9(14)7(5-8)1-4-11(18)16-10(6-17)12(15)19/h1-5,10,17H,6,13-14H2,(H2,15,19)(H,16,18)/b4-1+. The zero-order chi connectivity index (χ0) is 14.4. The number of rotatable bonds is 5. The molecule has 0 aliphatic heterocycles. The van der Waals surface area contributed by atoms with Gasteiger partial charge in [0.25, 0.3) is 0 Å². The highest BCUT2D eigenvalue weighted by atomic mass is 16.3. The van der Waals surface area contributed by atoms with Crippen LogP contribution >= 0.6 is 0 Å². The van der Waals surface area contributed by atoms with Crippen molar-refractivity contribution in [3.63, 3.8) is 0 Å². The lowest BCUT2D eigenvalue weighted by atomic mass is 10.1. The molecule has 0 spiro atoms. The van der Waals surface area contributed by atoms with Gasteiger partial charge in [-0.25, -0.2) is 0 Å². The van der Waals surface area contributed by atoms with Gasteiger partial charge in [-0.1, -0.05) is 0 Å². The van der Waals surface area contributed by atoms with E-state index in [4.69, 9.17) is 22.3 Å². The van der Waals surface area contributed by atoms with Crippen LogP contribution in [0.15, 0.2) is 24.3 Å². The first-order chi connectivity index (χ1) is 8.93. The number of nitrogen functional groups attached to an aromatic ring is 2. The molecule has 1 aromatic carbocycles. The summed E-state index contributed by atoms with van der Waals surface area (Å²) in [5.74, 6) is -1.38. The summed E-state index contributed by atoms with van der Waals surface area (Å²) in [7, 11) is 0. The third kappa shape index (κ3) is 4.32. The highest BCUT2D eigenvalue weighted by molar-refractivity contribution is 5.95. The molecule has 1 rings (SSSR count). The van der Waals surface area contributed by atoms with Crippen LogP contribution in [0.1, 0.15) is 5.56 Å². The predicted octanol–water partition coefficient (Wildman–Crippen LogP) is -1.17. The summed E-state index contributed by atoms with van der Waals surface area (Å²) < 4.78 is 0. The van der Waals surface area contributed by atoms with Gasteiger partial charge in [-0.3, -0.25) is 9.59 Å². The van der Waals surface area contributed by atoms with Crippen LogP contribution in [0.2, 0.25) is 0 Å². The minimum atomic E-state index is -1.12. The van der Waals surface area contributed by atoms with Gasteiger partial charge in [-0.05, 0) is 29.8 Å². The van der Waals surface area contributed by atoms with Gasteiger partial charge in [-0.2, -0.15) is 0 Å². The van der Waals surface area contributed by atoms with Crippen molar-refractivity contribution in [3.8, 4) is 0 Å². The van der Waals surface area contributed by atoms with Crippen LogP contribution in [0, 0.1) is 0 Å². The molecule has 2 amide bonds. The molecule has 0 aliphatic rings. The van der Waals surface area contributed by atoms with Crippen LogP contribution in [0.4, 0.5) is 11.4 Å². The molecule has 0 radical (unpaired) electrons. The number of amides is 2. The van der Waals surface area contributed by atoms with E-state index in [0.717, 1.165) is 0 Å². The molecule has 7 heteroatoms. The molecule has 0 fully saturated rings. The number of carbonyl (C=O) groups excluding carboxylic acids is 2. The molecular weight excluding hydrogens is 248 g/mol. The average molecular weight is 264 g/mol. The largest absolute Gasteiger partial charge is 0.399 e. The number of nitrogens with one attached hydrogen (secondary N) is 1. The fraction of sp³-hybridized carbons (Fsp3) is 0.167. The van der Waals surface area contributed by atoms with Crippen molar-refractivity contribution < 1.29 is 14.7 Å². The van der Waals surface area contributed by atoms with Gasteiger partial charge in [0.1, 0.15) is 6.04 Å². The van der Waals surface area contributed by atoms with Crippen molar-refractivity contribution in [3.05, 3.63) is 29.8 Å². The van der Waals surface area contributed by atoms with Crippen molar-refractivity contribution in [1.29, 1.82) is 0 Å². The number of primary amides is 1. The van der Waals surface area contributed by atoms with Gasteiger partial charge in [0.2, 0.25) is 11.8 Å². The minimum absolute atomic E-state index is 0.465. The van der Waals surface area contributed by atoms with Crippen LogP contribution < -0.4 is 22.5 Å². The van der Waals surface area contributed by atoms with Gasteiger partial charge < -0.3 is 27.6 Å². The van der Waals surface area contributed by atoms with Gasteiger partial charge in [-0.15, -0.1) is 0 Å². The second kappa shape index (κ2) is 6.41. The maximum absolute atomic E-state index is 11.5. The Morgan fingerprint density at radius 1 is 1.37 bits per heavy atom. The molecule has 0 saturated heterocycles. The number of aliphatic hydroxyl groups excluding tert-OH is 1. The van der Waals surface area contributed by atoms with E-state index in [2.05, 4.69) is 5.32 Å². The van der Waals surface area contributed by atoms with Gasteiger partial charge in [0.05, 0.1) is 6.61 Å². The molecule has 19 heavy (non-hydrogen) atoms. The van der Waals surface area contributed by atoms with Crippen LogP contribution in [0.5, 0.6) is 0 Å². The monoisotopic (exact) mass is 264 g/mol. The summed E-state index contributed by atoms with van der Waals surface area (Å²) in [5.41, 5.74) is 17.8. The Morgan fingerprint density at radius 2 is 2.05 bits per heavy atom. The number of carbonyl (C=O) groups is 2. The lowest BCUT2D eigenvalue weighted by molar-refractivity contribution is -0.125. The molecule has 1 aromatic rings. The summed E-state index contributed by atoms with van der Waals surface area (Å²) in [6.07, 6.45) is 2.63. The van der Waals surface area contributed by atoms with E-state index < -0.39 is 24.5 Å². The number of nitrogens with two attached hydrogens (primary N) is 3. The van der Waals surface area contributed by atoms with E-state index in [0.29, 0.717) is 16.9 Å². The molecule has 0 aliphatic carbocycles. The molecule has 0 heterocycles. The molecule has 0 saturated carbocycles. The number of hydrogen-bond donors (Lipinski definition) is 5. The molecule has 0 bridgehead atoms. The van der Waals surface area contributed by atoms with Crippen LogP contribution in [-0.2, 0) is 9.59 Å². The third-order valence-corrected chi connectivity index (χ3v) is 2.37. The van der Waals surface area contributed by atoms with Crippen molar-refractivity contribution in [2.24, 2.45) is 5.73 Å². The maximum atomic E-state index is 11.5. The number of benzene rings is 1. The smallest absolute Gasteiger partial charge is 0.244 e. The Kier molecular flexibility index (Phi) is 4.90. The first-order valence-electron chi connectivity index (χ1n) is 5.47. The Balaban J connectivity index is 2.73. The lowest BCUT2D eigenvalue weighted by Gasteiger charge is -2.10. The van der Waals surface area contributed by atoms with E-state index in [1.165, 1.54) is 12.2 Å². The van der Waals surface area contributed by atoms with E-state index in [1.807, 2.05) is 0 Å². The zero-order valence-corrected chi connectivity index (χ0v) is 10.2. The second-order valence-corrected chi connectivity index (χ2v) is 3.87. The molecule has 102 valence electrons. The van der Waals surface area contributed by atoms with E-state index >= 15 is 0 Å². The van der Waals surface area contributed by atoms with Gasteiger partial charge in [0, 0.05) is 17.5 Å². The predicted molar refractivity (Wildman–Crippen MR) is 72.5 cm³/mol. The number of anilines is 2.